The maximum absolute atomic E-state index is 11.3. The summed E-state index contributed by atoms with van der Waals surface area (Å²) in [7, 11) is 0. The Kier molecular flexibility index (Phi) is 3.67. The Morgan fingerprint density at radius 2 is 2.06 bits per heavy atom. The van der Waals surface area contributed by atoms with Crippen LogP contribution in [0.15, 0.2) is 24.3 Å². The van der Waals surface area contributed by atoms with Crippen LogP contribution in [0.3, 0.4) is 0 Å². The molecule has 1 aromatic carbocycles. The van der Waals surface area contributed by atoms with Crippen molar-refractivity contribution in [2.24, 2.45) is 0 Å². The van der Waals surface area contributed by atoms with Crippen LogP contribution in [0.5, 0.6) is 5.75 Å². The van der Waals surface area contributed by atoms with Gasteiger partial charge in [0.05, 0.1) is 6.61 Å². The van der Waals surface area contributed by atoms with Crippen molar-refractivity contribution < 1.29 is 9.53 Å². The van der Waals surface area contributed by atoms with Gasteiger partial charge in [-0.15, -0.1) is 0 Å². The van der Waals surface area contributed by atoms with Gasteiger partial charge in [0, 0.05) is 31.1 Å². The molecule has 1 aromatic rings. The number of piperidine rings is 1. The van der Waals surface area contributed by atoms with Crippen molar-refractivity contribution in [3.05, 3.63) is 24.3 Å². The summed E-state index contributed by atoms with van der Waals surface area (Å²) in [6.45, 7) is 5.60. The van der Waals surface area contributed by atoms with Crippen LogP contribution in [0.25, 0.3) is 0 Å². The summed E-state index contributed by atoms with van der Waals surface area (Å²) in [5, 5.41) is 0. The second kappa shape index (κ2) is 5.21. The lowest BCUT2D eigenvalue weighted by Gasteiger charge is -2.34. The van der Waals surface area contributed by atoms with Crippen LogP contribution < -0.4 is 9.64 Å². The fourth-order valence-electron chi connectivity index (χ4n) is 2.29. The van der Waals surface area contributed by atoms with Gasteiger partial charge in [-0.3, -0.25) is 4.79 Å². The van der Waals surface area contributed by atoms with E-state index in [4.69, 9.17) is 4.74 Å². The monoisotopic (exact) mass is 233 g/mol. The van der Waals surface area contributed by atoms with Crippen molar-refractivity contribution >= 4 is 11.5 Å². The predicted molar refractivity (Wildman–Crippen MR) is 68.7 cm³/mol. The van der Waals surface area contributed by atoms with E-state index in [2.05, 4.69) is 24.0 Å². The van der Waals surface area contributed by atoms with Gasteiger partial charge in [0.25, 0.3) is 0 Å². The van der Waals surface area contributed by atoms with E-state index in [0.29, 0.717) is 31.3 Å². The Morgan fingerprint density at radius 1 is 1.35 bits per heavy atom. The fourth-order valence-corrected chi connectivity index (χ4v) is 2.29. The highest BCUT2D eigenvalue weighted by atomic mass is 16.5. The molecule has 0 radical (unpaired) electrons. The van der Waals surface area contributed by atoms with Gasteiger partial charge in [-0.25, -0.2) is 0 Å². The molecule has 0 spiro atoms. The average Bonchev–Trinajstić information content (AvgIpc) is 2.31. The van der Waals surface area contributed by atoms with Crippen molar-refractivity contribution in [2.45, 2.75) is 32.7 Å². The van der Waals surface area contributed by atoms with Gasteiger partial charge in [0.15, 0.2) is 0 Å². The molecule has 1 aliphatic heterocycles. The summed E-state index contributed by atoms with van der Waals surface area (Å²) < 4.78 is 5.42. The van der Waals surface area contributed by atoms with Gasteiger partial charge in [-0.1, -0.05) is 0 Å². The first-order valence-electron chi connectivity index (χ1n) is 6.22. The quantitative estimate of drug-likeness (QED) is 0.803. The molecule has 0 aliphatic carbocycles. The molecule has 1 unspecified atom stereocenters. The number of ether oxygens (including phenoxy) is 1. The zero-order chi connectivity index (χ0) is 12.3. The zero-order valence-corrected chi connectivity index (χ0v) is 10.5. The number of hydrogen-bond donors (Lipinski definition) is 0. The van der Waals surface area contributed by atoms with E-state index < -0.39 is 0 Å². The number of Topliss-reactive ketones (excluding diaryl/α,β-unsaturated/α-hetero) is 1. The standard InChI is InChI=1S/C14H19NO2/c1-3-17-14-6-4-12(5-7-14)15-9-8-13(16)10-11(15)2/h4-7,11H,3,8-10H2,1-2H3. The first kappa shape index (κ1) is 12.0. The molecular formula is C14H19NO2. The van der Waals surface area contributed by atoms with E-state index in [9.17, 15) is 4.79 Å². The lowest BCUT2D eigenvalue weighted by atomic mass is 10.0. The summed E-state index contributed by atoms with van der Waals surface area (Å²) in [5.74, 6) is 1.27. The van der Waals surface area contributed by atoms with Crippen molar-refractivity contribution in [2.75, 3.05) is 18.1 Å². The minimum Gasteiger partial charge on any atom is -0.494 e. The average molecular weight is 233 g/mol. The van der Waals surface area contributed by atoms with Crippen molar-refractivity contribution in [3.8, 4) is 5.75 Å². The third-order valence-corrected chi connectivity index (χ3v) is 3.17. The number of carbonyl (C=O) groups is 1. The third-order valence-electron chi connectivity index (χ3n) is 3.17. The van der Waals surface area contributed by atoms with Crippen molar-refractivity contribution in [1.29, 1.82) is 0 Å². The highest BCUT2D eigenvalue weighted by molar-refractivity contribution is 5.81. The molecule has 92 valence electrons. The Hall–Kier alpha value is -1.51. The third kappa shape index (κ3) is 2.78. The van der Waals surface area contributed by atoms with Gasteiger partial charge in [-0.05, 0) is 38.1 Å². The number of carbonyl (C=O) groups excluding carboxylic acids is 1. The maximum atomic E-state index is 11.3. The van der Waals surface area contributed by atoms with Crippen molar-refractivity contribution in [3.63, 3.8) is 0 Å². The van der Waals surface area contributed by atoms with E-state index in [1.807, 2.05) is 19.1 Å². The van der Waals surface area contributed by atoms with E-state index in [-0.39, 0.29) is 0 Å². The molecule has 1 aliphatic rings. The van der Waals surface area contributed by atoms with Gasteiger partial charge in [0.2, 0.25) is 0 Å². The van der Waals surface area contributed by atoms with Crippen molar-refractivity contribution in [1.82, 2.24) is 0 Å². The predicted octanol–water partition coefficient (Wildman–Crippen LogP) is 2.64. The van der Waals surface area contributed by atoms with Crippen LogP contribution in [0, 0.1) is 0 Å². The highest BCUT2D eigenvalue weighted by Gasteiger charge is 2.23. The fraction of sp³-hybridized carbons (Fsp3) is 0.500. The molecule has 1 fully saturated rings. The summed E-state index contributed by atoms with van der Waals surface area (Å²) >= 11 is 0. The zero-order valence-electron chi connectivity index (χ0n) is 10.5. The Labute approximate surface area is 102 Å². The molecule has 0 amide bonds. The summed E-state index contributed by atoms with van der Waals surface area (Å²) in [6.07, 6.45) is 1.32. The van der Waals surface area contributed by atoms with Gasteiger partial charge in [-0.2, -0.15) is 0 Å². The topological polar surface area (TPSA) is 29.5 Å². The molecular weight excluding hydrogens is 214 g/mol. The van der Waals surface area contributed by atoms with E-state index in [0.717, 1.165) is 12.3 Å². The molecule has 3 heteroatoms. The SMILES string of the molecule is CCOc1ccc(N2CCC(=O)CC2C)cc1. The molecule has 2 rings (SSSR count). The highest BCUT2D eigenvalue weighted by Crippen LogP contribution is 2.25. The number of anilines is 1. The van der Waals surface area contributed by atoms with Gasteiger partial charge < -0.3 is 9.64 Å². The maximum Gasteiger partial charge on any atom is 0.136 e. The number of nitrogens with zero attached hydrogens (tertiary/aromatic N) is 1. The van der Waals surface area contributed by atoms with Crippen LogP contribution in [-0.4, -0.2) is 25.0 Å². The van der Waals surface area contributed by atoms with Crippen LogP contribution in [-0.2, 0) is 4.79 Å². The molecule has 1 heterocycles. The molecule has 17 heavy (non-hydrogen) atoms. The minimum atomic E-state index is 0.300. The van der Waals surface area contributed by atoms with Gasteiger partial charge in [0.1, 0.15) is 11.5 Å². The molecule has 0 bridgehead atoms. The summed E-state index contributed by atoms with van der Waals surface area (Å²) in [6, 6.07) is 8.41. The van der Waals surface area contributed by atoms with Crippen LogP contribution in [0.1, 0.15) is 26.7 Å². The number of hydrogen-bond acceptors (Lipinski definition) is 3. The number of rotatable bonds is 3. The van der Waals surface area contributed by atoms with E-state index in [1.165, 1.54) is 5.69 Å². The largest absolute Gasteiger partial charge is 0.494 e. The molecule has 3 nitrogen and oxygen atoms in total. The minimum absolute atomic E-state index is 0.300. The second-order valence-corrected chi connectivity index (χ2v) is 4.46. The van der Waals surface area contributed by atoms with Gasteiger partial charge >= 0.3 is 0 Å². The van der Waals surface area contributed by atoms with Crippen LogP contribution in [0.2, 0.25) is 0 Å². The molecule has 1 atom stereocenters. The Morgan fingerprint density at radius 3 is 2.65 bits per heavy atom. The first-order chi connectivity index (χ1) is 8.20. The lowest BCUT2D eigenvalue weighted by molar-refractivity contribution is -0.120. The summed E-state index contributed by atoms with van der Waals surface area (Å²) in [5.41, 5.74) is 1.17. The smallest absolute Gasteiger partial charge is 0.136 e. The van der Waals surface area contributed by atoms with Crippen LogP contribution >= 0.6 is 0 Å². The molecule has 1 saturated heterocycles. The normalized spacial score (nSPS) is 20.5. The number of benzene rings is 1. The Balaban J connectivity index is 2.08. The van der Waals surface area contributed by atoms with Crippen LogP contribution in [0.4, 0.5) is 5.69 Å². The molecule has 0 saturated carbocycles. The Bertz CT molecular complexity index is 386. The molecule has 0 aromatic heterocycles. The summed E-state index contributed by atoms with van der Waals surface area (Å²) in [4.78, 5) is 13.6. The first-order valence-corrected chi connectivity index (χ1v) is 6.22. The number of ketones is 1. The lowest BCUT2D eigenvalue weighted by Crippen LogP contribution is -2.41. The van der Waals surface area contributed by atoms with E-state index >= 15 is 0 Å². The van der Waals surface area contributed by atoms with E-state index in [1.54, 1.807) is 0 Å². The molecule has 0 N–H and O–H groups in total. The second-order valence-electron chi connectivity index (χ2n) is 4.46.